The van der Waals surface area contributed by atoms with Gasteiger partial charge in [-0.1, -0.05) is 58.1 Å². The summed E-state index contributed by atoms with van der Waals surface area (Å²) < 4.78 is 0. The Labute approximate surface area is 118 Å². The van der Waals surface area contributed by atoms with Crippen LogP contribution in [0.25, 0.3) is 0 Å². The molecule has 2 rings (SSSR count). The van der Waals surface area contributed by atoms with E-state index >= 15 is 0 Å². The smallest absolute Gasteiger partial charge is 0.0265 e. The summed E-state index contributed by atoms with van der Waals surface area (Å²) in [5.41, 5.74) is 1.54. The first-order valence-electron chi connectivity index (χ1n) is 5.69. The van der Waals surface area contributed by atoms with Crippen molar-refractivity contribution < 1.29 is 0 Å². The molecule has 0 spiro atoms. The van der Waals surface area contributed by atoms with E-state index in [9.17, 15) is 0 Å². The lowest BCUT2D eigenvalue weighted by Crippen LogP contribution is -1.82. The van der Waals surface area contributed by atoms with Crippen molar-refractivity contribution in [2.75, 3.05) is 5.75 Å². The second-order valence-electron chi connectivity index (χ2n) is 3.77. The van der Waals surface area contributed by atoms with E-state index in [4.69, 9.17) is 12.2 Å². The average molecular weight is 282 g/mol. The fourth-order valence-corrected chi connectivity index (χ4v) is 4.48. The molecule has 0 aromatic carbocycles. The molecule has 1 heterocycles. The van der Waals surface area contributed by atoms with E-state index in [1.165, 1.54) is 22.7 Å². The molecule has 0 aromatic rings. The Hall–Kier alpha value is -0.250. The van der Waals surface area contributed by atoms with Crippen LogP contribution in [0.5, 0.6) is 0 Å². The van der Waals surface area contributed by atoms with Crippen molar-refractivity contribution in [3.05, 3.63) is 47.9 Å². The molecule has 0 amide bonds. The monoisotopic (exact) mass is 282 g/mol. The Morgan fingerprint density at radius 2 is 2.06 bits per heavy atom. The highest BCUT2D eigenvalue weighted by molar-refractivity contribution is 8.78. The summed E-state index contributed by atoms with van der Waals surface area (Å²) in [6.07, 6.45) is 12.4. The van der Waals surface area contributed by atoms with Crippen molar-refractivity contribution in [2.45, 2.75) is 25.7 Å². The molecule has 0 saturated heterocycles. The number of hydrogen-bond acceptors (Lipinski definition) is 3. The Balaban J connectivity index is 0.000000202. The maximum atomic E-state index is 4.83. The van der Waals surface area contributed by atoms with Gasteiger partial charge >= 0.3 is 0 Å². The molecule has 0 radical (unpaired) electrons. The summed E-state index contributed by atoms with van der Waals surface area (Å²) in [6, 6.07) is 0. The quantitative estimate of drug-likeness (QED) is 0.380. The summed E-state index contributed by atoms with van der Waals surface area (Å²) in [4.78, 5) is 2.60. The Bertz CT molecular complexity index is 330. The zero-order valence-electron chi connectivity index (χ0n) is 9.98. The summed E-state index contributed by atoms with van der Waals surface area (Å²) in [7, 11) is 3.81. The highest BCUT2D eigenvalue weighted by Crippen LogP contribution is 2.44. The van der Waals surface area contributed by atoms with E-state index in [1.807, 2.05) is 39.8 Å². The number of hydrogen-bond donors (Lipinski definition) is 0. The van der Waals surface area contributed by atoms with Crippen molar-refractivity contribution in [3.63, 3.8) is 0 Å². The molecule has 0 aromatic heterocycles. The van der Waals surface area contributed by atoms with Crippen molar-refractivity contribution in [3.8, 4) is 0 Å². The second-order valence-corrected chi connectivity index (χ2v) is 6.68. The maximum Gasteiger partial charge on any atom is 0.0265 e. The molecule has 0 saturated carbocycles. The van der Waals surface area contributed by atoms with Gasteiger partial charge in [0.1, 0.15) is 0 Å². The molecule has 0 nitrogen and oxygen atoms in total. The average Bonchev–Trinajstić information content (AvgIpc) is 2.93. The van der Waals surface area contributed by atoms with Crippen LogP contribution in [0.2, 0.25) is 0 Å². The third kappa shape index (κ3) is 5.75. The van der Waals surface area contributed by atoms with Crippen LogP contribution in [0.15, 0.2) is 47.9 Å². The molecule has 0 bridgehead atoms. The van der Waals surface area contributed by atoms with Gasteiger partial charge in [-0.15, -0.1) is 13.2 Å². The molecule has 17 heavy (non-hydrogen) atoms. The highest BCUT2D eigenvalue weighted by atomic mass is 33.1. The molecule has 3 heteroatoms. The molecular weight excluding hydrogens is 264 g/mol. The zero-order valence-corrected chi connectivity index (χ0v) is 12.4. The lowest BCUT2D eigenvalue weighted by molar-refractivity contribution is 1.15. The Morgan fingerprint density at radius 3 is 2.53 bits per heavy atom. The molecular formula is C14H18S3. The van der Waals surface area contributed by atoms with Crippen LogP contribution in [-0.4, -0.2) is 10.6 Å². The SMILES string of the molecule is C=CCC1=C(CC=C)SSC1.S=C1C=CCC1. The van der Waals surface area contributed by atoms with Crippen LogP contribution in [0.1, 0.15) is 25.7 Å². The van der Waals surface area contributed by atoms with E-state index in [1.54, 1.807) is 0 Å². The van der Waals surface area contributed by atoms with Crippen molar-refractivity contribution in [1.82, 2.24) is 0 Å². The van der Waals surface area contributed by atoms with Crippen LogP contribution in [0.3, 0.4) is 0 Å². The lowest BCUT2D eigenvalue weighted by Gasteiger charge is -1.98. The van der Waals surface area contributed by atoms with E-state index < -0.39 is 0 Å². The largest absolute Gasteiger partial charge is 0.103 e. The summed E-state index contributed by atoms with van der Waals surface area (Å²) in [5.74, 6) is 1.17. The molecule has 1 aliphatic heterocycles. The van der Waals surface area contributed by atoms with E-state index in [-0.39, 0.29) is 0 Å². The lowest BCUT2D eigenvalue weighted by atomic mass is 10.2. The van der Waals surface area contributed by atoms with Gasteiger partial charge in [0.05, 0.1) is 0 Å². The minimum atomic E-state index is 1.03. The topological polar surface area (TPSA) is 0 Å². The zero-order chi connectivity index (χ0) is 12.5. The number of rotatable bonds is 4. The van der Waals surface area contributed by atoms with Gasteiger partial charge in [0.25, 0.3) is 0 Å². The predicted molar refractivity (Wildman–Crippen MR) is 87.7 cm³/mol. The molecule has 1 aliphatic carbocycles. The third-order valence-electron chi connectivity index (χ3n) is 2.37. The van der Waals surface area contributed by atoms with Gasteiger partial charge in [-0.25, -0.2) is 0 Å². The molecule has 0 fully saturated rings. The molecule has 2 aliphatic rings. The first-order valence-corrected chi connectivity index (χ1v) is 8.42. The summed E-state index contributed by atoms with van der Waals surface area (Å²) in [5, 5.41) is 0. The van der Waals surface area contributed by atoms with Crippen LogP contribution in [-0.2, 0) is 0 Å². The van der Waals surface area contributed by atoms with Crippen molar-refractivity contribution >= 4 is 38.7 Å². The highest BCUT2D eigenvalue weighted by Gasteiger charge is 2.12. The molecule has 92 valence electrons. The molecule has 0 unspecified atom stereocenters. The van der Waals surface area contributed by atoms with Crippen LogP contribution in [0.4, 0.5) is 0 Å². The Kier molecular flexibility index (Phi) is 7.65. The van der Waals surface area contributed by atoms with Gasteiger partial charge in [0.15, 0.2) is 0 Å². The fraction of sp³-hybridized carbons (Fsp3) is 0.357. The second kappa shape index (κ2) is 8.78. The first-order chi connectivity index (χ1) is 8.27. The van der Waals surface area contributed by atoms with E-state index in [0.29, 0.717) is 0 Å². The summed E-state index contributed by atoms with van der Waals surface area (Å²) in [6.45, 7) is 7.48. The van der Waals surface area contributed by atoms with Gasteiger partial charge in [-0.3, -0.25) is 0 Å². The van der Waals surface area contributed by atoms with Crippen LogP contribution in [0, 0.1) is 0 Å². The van der Waals surface area contributed by atoms with Gasteiger partial charge < -0.3 is 0 Å². The van der Waals surface area contributed by atoms with Gasteiger partial charge in [-0.2, -0.15) is 0 Å². The standard InChI is InChI=1S/C9H12S2.C5H6S/c1-3-5-8-7-10-11-9(8)6-4-2;6-5-3-1-2-4-5/h3-4H,1-2,5-7H2;1,3H,2,4H2. The third-order valence-corrected chi connectivity index (χ3v) is 5.26. The van der Waals surface area contributed by atoms with Crippen LogP contribution < -0.4 is 0 Å². The minimum absolute atomic E-state index is 1.03. The Morgan fingerprint density at radius 1 is 1.29 bits per heavy atom. The summed E-state index contributed by atoms with van der Waals surface area (Å²) >= 11 is 4.83. The van der Waals surface area contributed by atoms with E-state index in [0.717, 1.165) is 24.1 Å². The predicted octanol–water partition coefficient (Wildman–Crippen LogP) is 5.49. The fourth-order valence-electron chi connectivity index (χ4n) is 1.49. The maximum absolute atomic E-state index is 4.83. The molecule has 0 N–H and O–H groups in total. The number of thiocarbonyl (C=S) groups is 1. The molecule has 0 atom stereocenters. The van der Waals surface area contributed by atoms with Crippen LogP contribution >= 0.6 is 33.8 Å². The van der Waals surface area contributed by atoms with Gasteiger partial charge in [0, 0.05) is 10.6 Å². The van der Waals surface area contributed by atoms with E-state index in [2.05, 4.69) is 19.2 Å². The van der Waals surface area contributed by atoms with Crippen molar-refractivity contribution in [1.29, 1.82) is 0 Å². The minimum Gasteiger partial charge on any atom is -0.103 e. The normalized spacial score (nSPS) is 18.0. The van der Waals surface area contributed by atoms with Gasteiger partial charge in [0.2, 0.25) is 0 Å². The van der Waals surface area contributed by atoms with Crippen molar-refractivity contribution in [2.24, 2.45) is 0 Å². The number of allylic oxidation sites excluding steroid dienone is 5. The van der Waals surface area contributed by atoms with Gasteiger partial charge in [-0.05, 0) is 36.2 Å². The first kappa shape index (κ1) is 14.8.